The van der Waals surface area contributed by atoms with Gasteiger partial charge < -0.3 is 28.7 Å². The molecule has 20 nitrogen and oxygen atoms in total. The number of anilines is 5. The number of hydrogen-bond acceptors (Lipinski definition) is 15. The Bertz CT molecular complexity index is 2750. The monoisotopic (exact) mass is 874 g/mol. The van der Waals surface area contributed by atoms with E-state index in [1.54, 1.807) is 45.9 Å². The number of nitrogen functional groups attached to an aromatic ring is 5. The maximum atomic E-state index is 8.99. The van der Waals surface area contributed by atoms with Crippen molar-refractivity contribution < 1.29 is 0 Å². The number of nitrogens with two attached hydrogens (primary N) is 5. The van der Waals surface area contributed by atoms with Gasteiger partial charge in [-0.3, -0.25) is 23.8 Å². The van der Waals surface area contributed by atoms with E-state index in [9.17, 15) is 0 Å². The average Bonchev–Trinajstić information content (AvgIpc) is 4.13. The Morgan fingerprint density at radius 1 is 0.585 bits per heavy atom. The predicted octanol–water partition coefficient (Wildman–Crippen LogP) is 5.79. The molecule has 0 amide bonds. The lowest BCUT2D eigenvalue weighted by Gasteiger charge is -2.09. The molecule has 5 aromatic heterocycles. The molecule has 0 fully saturated rings. The van der Waals surface area contributed by atoms with Crippen LogP contribution >= 0.6 is 0 Å². The van der Waals surface area contributed by atoms with Gasteiger partial charge in [0, 0.05) is 50.8 Å². The number of H-pyrrole nitrogens is 1. The van der Waals surface area contributed by atoms with Gasteiger partial charge >= 0.3 is 0 Å². The molecule has 0 spiro atoms. The lowest BCUT2D eigenvalue weighted by molar-refractivity contribution is 0.488. The minimum absolute atomic E-state index is 0.0839. The molecule has 20 heteroatoms. The van der Waals surface area contributed by atoms with Gasteiger partial charge in [0.2, 0.25) is 0 Å². The largest absolute Gasteiger partial charge is 0.381 e. The Hall–Kier alpha value is -9.06. The van der Waals surface area contributed by atoms with E-state index in [1.807, 2.05) is 91.9 Å². The Labute approximate surface area is 378 Å². The number of aromatic nitrogens is 10. The van der Waals surface area contributed by atoms with Crippen molar-refractivity contribution in [2.75, 3.05) is 28.7 Å². The van der Waals surface area contributed by atoms with Crippen LogP contribution in [0.25, 0.3) is 0 Å². The lowest BCUT2D eigenvalue weighted by Crippen LogP contribution is -2.02. The molecule has 1 atom stereocenters. The molecule has 11 N–H and O–H groups in total. The third-order valence-corrected chi connectivity index (χ3v) is 9.24. The third kappa shape index (κ3) is 15.7. The van der Waals surface area contributed by atoms with Crippen LogP contribution in [0.4, 0.5) is 29.1 Å². The van der Waals surface area contributed by atoms with Gasteiger partial charge in [-0.1, -0.05) is 94.8 Å². The first-order valence-electron chi connectivity index (χ1n) is 20.4. The molecule has 0 aliphatic carbocycles. The summed E-state index contributed by atoms with van der Waals surface area (Å²) in [5.74, 6) is 2.21. The van der Waals surface area contributed by atoms with E-state index in [-0.39, 0.29) is 17.6 Å². The lowest BCUT2D eigenvalue weighted by atomic mass is 9.95. The molecule has 0 aliphatic rings. The molecule has 7 rings (SSSR count). The number of nitrogens with one attached hydrogen (secondary N) is 1. The molecule has 0 aliphatic heterocycles. The fraction of sp³-hybridized carbons (Fsp3) is 0.289. The van der Waals surface area contributed by atoms with E-state index in [1.165, 1.54) is 4.68 Å². The van der Waals surface area contributed by atoms with Crippen LogP contribution in [-0.4, -0.2) is 49.3 Å². The summed E-state index contributed by atoms with van der Waals surface area (Å²) in [6.07, 6.45) is 9.83. The zero-order valence-corrected chi connectivity index (χ0v) is 37.1. The van der Waals surface area contributed by atoms with Gasteiger partial charge in [-0.05, 0) is 29.9 Å². The average molecular weight is 875 g/mol. The van der Waals surface area contributed by atoms with Gasteiger partial charge in [0.1, 0.15) is 58.2 Å². The van der Waals surface area contributed by atoms with Gasteiger partial charge in [0.15, 0.2) is 29.1 Å². The number of nitriles is 5. The van der Waals surface area contributed by atoms with Crippen molar-refractivity contribution >= 4 is 29.1 Å². The van der Waals surface area contributed by atoms with Crippen molar-refractivity contribution in [3.63, 3.8) is 0 Å². The molecule has 65 heavy (non-hydrogen) atoms. The number of aromatic amines is 1. The third-order valence-electron chi connectivity index (χ3n) is 9.24. The topological polar surface area (TPSA) is 349 Å². The minimum Gasteiger partial charge on any atom is -0.381 e. The number of rotatable bonds is 10. The summed E-state index contributed by atoms with van der Waals surface area (Å²) < 4.78 is 6.63. The molecule has 2 aromatic carbocycles. The normalized spacial score (nSPS) is 10.3. The predicted molar refractivity (Wildman–Crippen MR) is 248 cm³/mol. The molecule has 7 aromatic rings. The summed E-state index contributed by atoms with van der Waals surface area (Å²) in [5.41, 5.74) is 32.7. The maximum Gasteiger partial charge on any atom is 0.163 e. The summed E-state index contributed by atoms with van der Waals surface area (Å²) in [7, 11) is 1.72. The Kier molecular flexibility index (Phi) is 19.8. The molecule has 0 bridgehead atoms. The van der Waals surface area contributed by atoms with E-state index in [4.69, 9.17) is 55.0 Å². The second-order valence-electron chi connectivity index (χ2n) is 14.7. The highest BCUT2D eigenvalue weighted by molar-refractivity contribution is 5.53. The number of unbranched alkanes of at least 4 members (excludes halogenated alkanes) is 1. The maximum absolute atomic E-state index is 8.99. The van der Waals surface area contributed by atoms with Crippen molar-refractivity contribution in [2.45, 2.75) is 72.5 Å². The van der Waals surface area contributed by atoms with E-state index < -0.39 is 0 Å². The Balaban J connectivity index is 0.000000218. The van der Waals surface area contributed by atoms with Crippen LogP contribution in [0.3, 0.4) is 0 Å². The fourth-order valence-electron chi connectivity index (χ4n) is 5.66. The van der Waals surface area contributed by atoms with Crippen LogP contribution in [0.1, 0.15) is 97.5 Å². The van der Waals surface area contributed by atoms with Crippen LogP contribution in [0.15, 0.2) is 85.5 Å². The van der Waals surface area contributed by atoms with Crippen LogP contribution in [0.5, 0.6) is 0 Å². The molecule has 0 saturated heterocycles. The highest BCUT2D eigenvalue weighted by atomic mass is 15.3. The summed E-state index contributed by atoms with van der Waals surface area (Å²) in [5, 5.41) is 65.8. The molecule has 5 heterocycles. The first-order valence-corrected chi connectivity index (χ1v) is 20.4. The van der Waals surface area contributed by atoms with Gasteiger partial charge in [-0.2, -0.15) is 51.8 Å². The van der Waals surface area contributed by atoms with Crippen LogP contribution in [0, 0.1) is 62.6 Å². The Morgan fingerprint density at radius 3 is 1.48 bits per heavy atom. The van der Waals surface area contributed by atoms with E-state index >= 15 is 0 Å². The SMILES string of the molecule is CC(C)CCn1cc(C#N)c(N)n1.CC(c1ccccc1)c1[nH]nc(N)c1C#N.CCCCn1cc(C#N)c(N)n1.Cn1cc(C#N)c(N)n1.N#Cc1cn(Cc2ccccc2)nc1N. The summed E-state index contributed by atoms with van der Waals surface area (Å²) in [6.45, 7) is 10.7. The summed E-state index contributed by atoms with van der Waals surface area (Å²) >= 11 is 0. The van der Waals surface area contributed by atoms with Crippen LogP contribution < -0.4 is 28.7 Å². The van der Waals surface area contributed by atoms with Crippen LogP contribution in [0.2, 0.25) is 0 Å². The van der Waals surface area contributed by atoms with Gasteiger partial charge in [-0.25, -0.2) is 0 Å². The number of aryl methyl sites for hydroxylation is 3. The summed E-state index contributed by atoms with van der Waals surface area (Å²) in [4.78, 5) is 0. The van der Waals surface area contributed by atoms with Crippen molar-refractivity contribution in [2.24, 2.45) is 13.0 Å². The molecule has 0 saturated carbocycles. The highest BCUT2D eigenvalue weighted by Gasteiger charge is 2.17. The smallest absolute Gasteiger partial charge is 0.163 e. The zero-order valence-electron chi connectivity index (χ0n) is 37.1. The second-order valence-corrected chi connectivity index (χ2v) is 14.7. The van der Waals surface area contributed by atoms with E-state index in [0.717, 1.165) is 49.2 Å². The fourth-order valence-corrected chi connectivity index (χ4v) is 5.66. The van der Waals surface area contributed by atoms with Crippen LogP contribution in [-0.2, 0) is 26.7 Å². The van der Waals surface area contributed by atoms with Crippen molar-refractivity contribution in [1.29, 1.82) is 26.3 Å². The molecular formula is C45H54N20. The summed E-state index contributed by atoms with van der Waals surface area (Å²) in [6, 6.07) is 29.8. The van der Waals surface area contributed by atoms with E-state index in [0.29, 0.717) is 57.7 Å². The number of nitrogens with zero attached hydrogens (tertiary/aromatic N) is 14. The second kappa shape index (κ2) is 25.7. The van der Waals surface area contributed by atoms with E-state index in [2.05, 4.69) is 57.4 Å². The molecule has 334 valence electrons. The molecule has 1 unspecified atom stereocenters. The van der Waals surface area contributed by atoms with Gasteiger partial charge in [-0.15, -0.1) is 0 Å². The number of hydrogen-bond donors (Lipinski definition) is 6. The standard InChI is InChI=1S/C12H12N4.C11H10N4.C9H14N4.C8H12N4.C5H6N4/c1-8(9-5-3-2-4-6-9)11-10(7-13)12(14)16-15-11;12-6-10-8-15(14-11(10)13)7-9-4-2-1-3-5-9;1-7(2)3-4-13-6-8(5-10)9(11)12-13;1-2-3-4-12-6-7(5-9)8(10)11-12;1-9-3-4(2-6)5(7)8-9/h2-6,8H,1H3,(H3,14,15,16);1-5,8H,7H2,(H2,13,14);6-7H,3-4H2,1-2H3,(H2,11,12);6H,2-4H2,1H3,(H2,10,11);3H,1H3,(H2,7,8). The first-order chi connectivity index (χ1) is 31.2. The number of benzene rings is 2. The highest BCUT2D eigenvalue weighted by Crippen LogP contribution is 2.27. The van der Waals surface area contributed by atoms with Gasteiger partial charge in [0.25, 0.3) is 0 Å². The van der Waals surface area contributed by atoms with Crippen molar-refractivity contribution in [1.82, 2.24) is 49.3 Å². The quantitative estimate of drug-likeness (QED) is 0.0946. The zero-order chi connectivity index (χ0) is 47.9. The van der Waals surface area contributed by atoms with Crippen molar-refractivity contribution in [3.8, 4) is 30.3 Å². The van der Waals surface area contributed by atoms with Crippen molar-refractivity contribution in [3.05, 3.63) is 130 Å². The first kappa shape index (κ1) is 50.3. The van der Waals surface area contributed by atoms with Gasteiger partial charge in [0.05, 0.1) is 12.2 Å². The molecular weight excluding hydrogens is 821 g/mol. The molecule has 0 radical (unpaired) electrons. The minimum atomic E-state index is 0.0839. The Morgan fingerprint density at radius 2 is 1.05 bits per heavy atom.